The minimum Gasteiger partial charge on any atom is -0.469 e. The topological polar surface area (TPSA) is 65.1 Å². The van der Waals surface area contributed by atoms with Crippen molar-refractivity contribution < 1.29 is 23.8 Å². The SMILES string of the molecule is CCC(C)(CC(C)(CC)C(=O)OCC1CO1)C(=O)OC. The molecule has 3 unspecified atom stereocenters. The second kappa shape index (κ2) is 6.57. The van der Waals surface area contributed by atoms with Crippen LogP contribution in [-0.2, 0) is 23.8 Å². The summed E-state index contributed by atoms with van der Waals surface area (Å²) < 4.78 is 15.2. The predicted molar refractivity (Wildman–Crippen MR) is 74.1 cm³/mol. The first-order valence-electron chi connectivity index (χ1n) is 7.18. The van der Waals surface area contributed by atoms with Gasteiger partial charge in [0.1, 0.15) is 12.7 Å². The van der Waals surface area contributed by atoms with Crippen LogP contribution in [0.5, 0.6) is 0 Å². The molecule has 20 heavy (non-hydrogen) atoms. The largest absolute Gasteiger partial charge is 0.469 e. The quantitative estimate of drug-likeness (QED) is 0.506. The summed E-state index contributed by atoms with van der Waals surface area (Å²) in [6.45, 7) is 8.50. The Morgan fingerprint density at radius 1 is 1.15 bits per heavy atom. The fourth-order valence-corrected chi connectivity index (χ4v) is 2.30. The lowest BCUT2D eigenvalue weighted by Gasteiger charge is -2.35. The van der Waals surface area contributed by atoms with Gasteiger partial charge < -0.3 is 14.2 Å². The van der Waals surface area contributed by atoms with Crippen molar-refractivity contribution in [1.82, 2.24) is 0 Å². The van der Waals surface area contributed by atoms with Crippen molar-refractivity contribution in [2.45, 2.75) is 53.1 Å². The Morgan fingerprint density at radius 3 is 2.05 bits per heavy atom. The normalized spacial score (nSPS) is 23.4. The lowest BCUT2D eigenvalue weighted by atomic mass is 9.70. The van der Waals surface area contributed by atoms with Crippen LogP contribution in [0.2, 0.25) is 0 Å². The van der Waals surface area contributed by atoms with E-state index in [1.54, 1.807) is 0 Å². The lowest BCUT2D eigenvalue weighted by Crippen LogP contribution is -2.40. The van der Waals surface area contributed by atoms with E-state index in [1.165, 1.54) is 7.11 Å². The van der Waals surface area contributed by atoms with E-state index < -0.39 is 10.8 Å². The van der Waals surface area contributed by atoms with Gasteiger partial charge in [-0.15, -0.1) is 0 Å². The summed E-state index contributed by atoms with van der Waals surface area (Å²) in [6.07, 6.45) is 1.71. The molecule has 1 fully saturated rings. The number of rotatable bonds is 8. The molecule has 1 heterocycles. The number of ether oxygens (including phenoxy) is 3. The average molecular weight is 286 g/mol. The summed E-state index contributed by atoms with van der Waals surface area (Å²) in [5.74, 6) is -0.544. The van der Waals surface area contributed by atoms with E-state index >= 15 is 0 Å². The van der Waals surface area contributed by atoms with Crippen LogP contribution >= 0.6 is 0 Å². The van der Waals surface area contributed by atoms with Crippen molar-refractivity contribution in [2.75, 3.05) is 20.3 Å². The van der Waals surface area contributed by atoms with Gasteiger partial charge >= 0.3 is 11.9 Å². The van der Waals surface area contributed by atoms with Crippen molar-refractivity contribution in [1.29, 1.82) is 0 Å². The van der Waals surface area contributed by atoms with Crippen LogP contribution in [0.3, 0.4) is 0 Å². The standard InChI is InChI=1S/C15H26O5/c1-6-14(3,12(16)18-5)10-15(4,7-2)13(17)20-9-11-8-19-11/h11H,6-10H2,1-5H3. The van der Waals surface area contributed by atoms with Gasteiger partial charge in [-0.25, -0.2) is 0 Å². The molecule has 1 aliphatic heterocycles. The number of hydrogen-bond donors (Lipinski definition) is 0. The highest BCUT2D eigenvalue weighted by Crippen LogP contribution is 2.40. The van der Waals surface area contributed by atoms with E-state index in [2.05, 4.69) is 0 Å². The Morgan fingerprint density at radius 2 is 1.65 bits per heavy atom. The molecular weight excluding hydrogens is 260 g/mol. The molecule has 0 aromatic heterocycles. The number of carbonyl (C=O) groups is 2. The van der Waals surface area contributed by atoms with E-state index in [0.717, 1.165) is 0 Å². The van der Waals surface area contributed by atoms with Crippen molar-refractivity contribution >= 4 is 11.9 Å². The van der Waals surface area contributed by atoms with Gasteiger partial charge in [0.25, 0.3) is 0 Å². The van der Waals surface area contributed by atoms with Crippen LogP contribution < -0.4 is 0 Å². The highest BCUT2D eigenvalue weighted by molar-refractivity contribution is 5.80. The molecule has 0 bridgehead atoms. The fourth-order valence-electron chi connectivity index (χ4n) is 2.30. The first-order valence-corrected chi connectivity index (χ1v) is 7.18. The highest BCUT2D eigenvalue weighted by atomic mass is 16.6. The Labute approximate surface area is 121 Å². The second-order valence-electron chi connectivity index (χ2n) is 6.05. The highest BCUT2D eigenvalue weighted by Gasteiger charge is 2.44. The minimum atomic E-state index is -0.687. The average Bonchev–Trinajstić information content (AvgIpc) is 3.27. The summed E-state index contributed by atoms with van der Waals surface area (Å²) in [4.78, 5) is 24.3. The van der Waals surface area contributed by atoms with Gasteiger partial charge in [0.05, 0.1) is 24.5 Å². The van der Waals surface area contributed by atoms with E-state index in [9.17, 15) is 9.59 Å². The van der Waals surface area contributed by atoms with Crippen molar-refractivity contribution in [3.05, 3.63) is 0 Å². The van der Waals surface area contributed by atoms with Crippen LogP contribution in [0, 0.1) is 10.8 Å². The summed E-state index contributed by atoms with van der Waals surface area (Å²) in [6, 6.07) is 0. The van der Waals surface area contributed by atoms with Gasteiger partial charge in [0.2, 0.25) is 0 Å². The first kappa shape index (κ1) is 17.0. The maximum absolute atomic E-state index is 12.3. The van der Waals surface area contributed by atoms with Crippen LogP contribution in [0.1, 0.15) is 47.0 Å². The van der Waals surface area contributed by atoms with Gasteiger partial charge in [-0.3, -0.25) is 9.59 Å². The van der Waals surface area contributed by atoms with Gasteiger partial charge in [-0.1, -0.05) is 13.8 Å². The molecule has 0 N–H and O–H groups in total. The Balaban J connectivity index is 2.74. The molecule has 0 aromatic carbocycles. The summed E-state index contributed by atoms with van der Waals surface area (Å²) in [5, 5.41) is 0. The Hall–Kier alpha value is -1.10. The van der Waals surface area contributed by atoms with Gasteiger partial charge in [-0.2, -0.15) is 0 Å². The molecule has 1 rings (SSSR count). The maximum atomic E-state index is 12.3. The number of hydrogen-bond acceptors (Lipinski definition) is 5. The third kappa shape index (κ3) is 3.95. The monoisotopic (exact) mass is 286 g/mol. The zero-order valence-corrected chi connectivity index (χ0v) is 13.2. The van der Waals surface area contributed by atoms with Gasteiger partial charge in [0, 0.05) is 0 Å². The predicted octanol–water partition coefficient (Wildman–Crippen LogP) is 2.32. The van der Waals surface area contributed by atoms with Crippen LogP contribution in [0.25, 0.3) is 0 Å². The van der Waals surface area contributed by atoms with Gasteiger partial charge in [0.15, 0.2) is 0 Å². The molecule has 3 atom stereocenters. The van der Waals surface area contributed by atoms with E-state index in [1.807, 2.05) is 27.7 Å². The lowest BCUT2D eigenvalue weighted by molar-refractivity contribution is -0.163. The van der Waals surface area contributed by atoms with Crippen LogP contribution in [0.4, 0.5) is 0 Å². The van der Waals surface area contributed by atoms with Crippen LogP contribution in [0.15, 0.2) is 0 Å². The van der Waals surface area contributed by atoms with Crippen molar-refractivity contribution in [3.63, 3.8) is 0 Å². The molecule has 0 aliphatic carbocycles. The molecule has 0 spiro atoms. The zero-order valence-electron chi connectivity index (χ0n) is 13.2. The smallest absolute Gasteiger partial charge is 0.311 e. The van der Waals surface area contributed by atoms with Crippen molar-refractivity contribution in [2.24, 2.45) is 10.8 Å². The molecule has 1 aliphatic rings. The minimum absolute atomic E-state index is 0.0539. The molecule has 0 aromatic rings. The number of methoxy groups -OCH3 is 1. The van der Waals surface area contributed by atoms with E-state index in [0.29, 0.717) is 32.5 Å². The maximum Gasteiger partial charge on any atom is 0.311 e. The van der Waals surface area contributed by atoms with Crippen molar-refractivity contribution in [3.8, 4) is 0 Å². The molecule has 0 amide bonds. The molecule has 0 radical (unpaired) electrons. The Kier molecular flexibility index (Phi) is 5.57. The number of esters is 2. The molecule has 5 heteroatoms. The summed E-state index contributed by atoms with van der Waals surface area (Å²) in [7, 11) is 1.38. The molecule has 116 valence electrons. The van der Waals surface area contributed by atoms with Crippen LogP contribution in [-0.4, -0.2) is 38.4 Å². The summed E-state index contributed by atoms with van der Waals surface area (Å²) >= 11 is 0. The summed E-state index contributed by atoms with van der Waals surface area (Å²) in [5.41, 5.74) is -1.36. The Bertz CT molecular complexity index is 363. The number of epoxide rings is 1. The molecular formula is C15H26O5. The zero-order chi connectivity index (χ0) is 15.4. The third-order valence-corrected chi connectivity index (χ3v) is 4.31. The molecule has 1 saturated heterocycles. The first-order chi connectivity index (χ1) is 9.31. The van der Waals surface area contributed by atoms with E-state index in [-0.39, 0.29) is 18.0 Å². The van der Waals surface area contributed by atoms with Gasteiger partial charge in [-0.05, 0) is 33.1 Å². The third-order valence-electron chi connectivity index (χ3n) is 4.31. The molecule has 5 nitrogen and oxygen atoms in total. The van der Waals surface area contributed by atoms with E-state index in [4.69, 9.17) is 14.2 Å². The second-order valence-corrected chi connectivity index (χ2v) is 6.05. The number of carbonyl (C=O) groups excluding carboxylic acids is 2. The fraction of sp³-hybridized carbons (Fsp3) is 0.867. The molecule has 0 saturated carbocycles.